The van der Waals surface area contributed by atoms with Crippen LogP contribution in [0.15, 0.2) is 48.8 Å². The van der Waals surface area contributed by atoms with Gasteiger partial charge in [-0.25, -0.2) is 0 Å². The van der Waals surface area contributed by atoms with Crippen LogP contribution >= 0.6 is 0 Å². The minimum Gasteiger partial charge on any atom is -0.497 e. The van der Waals surface area contributed by atoms with Crippen LogP contribution in [-0.2, 0) is 16.0 Å². The van der Waals surface area contributed by atoms with Gasteiger partial charge in [0.15, 0.2) is 0 Å². The number of carbonyl (C=O) groups is 2. The highest BCUT2D eigenvalue weighted by molar-refractivity contribution is 6.35. The van der Waals surface area contributed by atoms with Gasteiger partial charge >= 0.3 is 11.8 Å². The Morgan fingerprint density at radius 3 is 2.41 bits per heavy atom. The molecule has 0 bridgehead atoms. The van der Waals surface area contributed by atoms with E-state index in [4.69, 9.17) is 4.74 Å². The van der Waals surface area contributed by atoms with Crippen LogP contribution in [0.1, 0.15) is 24.1 Å². The molecule has 8 nitrogen and oxygen atoms in total. The molecule has 32 heavy (non-hydrogen) atoms. The number of carbonyl (C=O) groups excluding carboxylic acids is 2. The van der Waals surface area contributed by atoms with Crippen LogP contribution in [0.5, 0.6) is 5.75 Å². The number of benzene rings is 1. The van der Waals surface area contributed by atoms with Crippen LogP contribution in [0, 0.1) is 0 Å². The molecule has 2 aromatic rings. The fourth-order valence-corrected chi connectivity index (χ4v) is 3.88. The number of rotatable bonds is 9. The maximum absolute atomic E-state index is 12.4. The molecule has 8 heteroatoms. The Morgan fingerprint density at radius 2 is 1.78 bits per heavy atom. The molecule has 2 heterocycles. The highest BCUT2D eigenvalue weighted by Gasteiger charge is 2.26. The topological polar surface area (TPSA) is 86.8 Å². The molecular weight excluding hydrogens is 406 g/mol. The summed E-state index contributed by atoms with van der Waals surface area (Å²) in [5, 5.41) is 5.52. The Labute approximate surface area is 190 Å². The predicted molar refractivity (Wildman–Crippen MR) is 123 cm³/mol. The van der Waals surface area contributed by atoms with Crippen LogP contribution in [0.25, 0.3) is 0 Å². The monoisotopic (exact) mass is 439 g/mol. The average molecular weight is 440 g/mol. The minimum atomic E-state index is -0.612. The molecule has 2 amide bonds. The van der Waals surface area contributed by atoms with Gasteiger partial charge in [0.25, 0.3) is 0 Å². The standard InChI is InChI=1S/C24H33N5O3/c1-3-28-13-15-29(16-14-28)22(20-5-4-11-25-17-20)18-27-24(31)23(30)26-12-10-19-6-8-21(32-2)9-7-19/h4-9,11,17,22H,3,10,12-16,18H2,1-2H3,(H,26,30)(H,27,31). The number of piperazine rings is 1. The van der Waals surface area contributed by atoms with Crippen molar-refractivity contribution < 1.29 is 14.3 Å². The molecule has 0 aliphatic carbocycles. The number of ether oxygens (including phenoxy) is 1. The summed E-state index contributed by atoms with van der Waals surface area (Å²) in [6.07, 6.45) is 4.21. The molecule has 1 saturated heterocycles. The molecule has 1 aliphatic heterocycles. The molecule has 0 radical (unpaired) electrons. The van der Waals surface area contributed by atoms with Crippen LogP contribution in [-0.4, -0.2) is 79.5 Å². The number of nitrogens with one attached hydrogen (secondary N) is 2. The second-order valence-corrected chi connectivity index (χ2v) is 7.84. The first kappa shape index (κ1) is 23.7. The molecule has 1 unspecified atom stereocenters. The van der Waals surface area contributed by atoms with E-state index in [0.29, 0.717) is 19.5 Å². The van der Waals surface area contributed by atoms with Crippen LogP contribution in [0.4, 0.5) is 0 Å². The lowest BCUT2D eigenvalue weighted by Crippen LogP contribution is -2.50. The Hall–Kier alpha value is -2.97. The van der Waals surface area contributed by atoms with Gasteiger partial charge in [0.2, 0.25) is 0 Å². The normalized spacial score (nSPS) is 15.7. The van der Waals surface area contributed by atoms with Gasteiger partial charge in [-0.05, 0) is 42.3 Å². The number of methoxy groups -OCH3 is 1. The Kier molecular flexibility index (Phi) is 9.01. The van der Waals surface area contributed by atoms with Crippen molar-refractivity contribution in [2.75, 3.05) is 52.9 Å². The quantitative estimate of drug-likeness (QED) is 0.572. The van der Waals surface area contributed by atoms with E-state index >= 15 is 0 Å². The lowest BCUT2D eigenvalue weighted by Gasteiger charge is -2.39. The zero-order valence-electron chi connectivity index (χ0n) is 18.9. The van der Waals surface area contributed by atoms with Crippen molar-refractivity contribution in [3.63, 3.8) is 0 Å². The van der Waals surface area contributed by atoms with E-state index in [2.05, 4.69) is 32.3 Å². The van der Waals surface area contributed by atoms with Crippen molar-refractivity contribution in [3.8, 4) is 5.75 Å². The molecule has 0 spiro atoms. The van der Waals surface area contributed by atoms with Crippen molar-refractivity contribution in [1.82, 2.24) is 25.4 Å². The van der Waals surface area contributed by atoms with Crippen molar-refractivity contribution in [1.29, 1.82) is 0 Å². The summed E-state index contributed by atoms with van der Waals surface area (Å²) in [4.78, 5) is 33.7. The van der Waals surface area contributed by atoms with Gasteiger partial charge in [0.1, 0.15) is 5.75 Å². The molecule has 172 valence electrons. The first-order chi connectivity index (χ1) is 15.6. The number of hydrogen-bond donors (Lipinski definition) is 2. The van der Waals surface area contributed by atoms with E-state index < -0.39 is 11.8 Å². The molecule has 0 saturated carbocycles. The molecule has 1 aromatic heterocycles. The summed E-state index contributed by atoms with van der Waals surface area (Å²) in [6, 6.07) is 11.6. The molecular formula is C24H33N5O3. The summed E-state index contributed by atoms with van der Waals surface area (Å²) in [7, 11) is 1.62. The smallest absolute Gasteiger partial charge is 0.309 e. The third-order valence-electron chi connectivity index (χ3n) is 5.88. The molecule has 1 aromatic carbocycles. The molecule has 1 aliphatic rings. The SMILES string of the molecule is CCN1CCN(C(CNC(=O)C(=O)NCCc2ccc(OC)cc2)c2cccnc2)CC1. The van der Waals surface area contributed by atoms with E-state index in [1.54, 1.807) is 13.3 Å². The zero-order valence-corrected chi connectivity index (χ0v) is 18.9. The van der Waals surface area contributed by atoms with Crippen molar-refractivity contribution in [2.45, 2.75) is 19.4 Å². The predicted octanol–water partition coefficient (Wildman–Crippen LogP) is 1.24. The summed E-state index contributed by atoms with van der Waals surface area (Å²) in [5.41, 5.74) is 2.10. The number of nitrogens with zero attached hydrogens (tertiary/aromatic N) is 3. The van der Waals surface area contributed by atoms with Crippen molar-refractivity contribution >= 4 is 11.8 Å². The van der Waals surface area contributed by atoms with Gasteiger partial charge < -0.3 is 20.3 Å². The van der Waals surface area contributed by atoms with Gasteiger partial charge in [0.05, 0.1) is 13.2 Å². The van der Waals surface area contributed by atoms with E-state index in [1.165, 1.54) is 0 Å². The molecule has 1 atom stereocenters. The zero-order chi connectivity index (χ0) is 22.8. The number of hydrogen-bond acceptors (Lipinski definition) is 6. The fraction of sp³-hybridized carbons (Fsp3) is 0.458. The summed E-state index contributed by atoms with van der Waals surface area (Å²) < 4.78 is 5.14. The Morgan fingerprint density at radius 1 is 1.06 bits per heavy atom. The van der Waals surface area contributed by atoms with Crippen molar-refractivity contribution in [3.05, 3.63) is 59.9 Å². The molecule has 1 fully saturated rings. The lowest BCUT2D eigenvalue weighted by atomic mass is 10.1. The second-order valence-electron chi connectivity index (χ2n) is 7.84. The Balaban J connectivity index is 1.49. The van der Waals surface area contributed by atoms with Crippen LogP contribution in [0.2, 0.25) is 0 Å². The van der Waals surface area contributed by atoms with E-state index in [9.17, 15) is 9.59 Å². The fourth-order valence-electron chi connectivity index (χ4n) is 3.88. The highest BCUT2D eigenvalue weighted by Crippen LogP contribution is 2.21. The van der Waals surface area contributed by atoms with Gasteiger partial charge in [-0.3, -0.25) is 19.5 Å². The van der Waals surface area contributed by atoms with E-state index in [-0.39, 0.29) is 6.04 Å². The lowest BCUT2D eigenvalue weighted by molar-refractivity contribution is -0.139. The van der Waals surface area contributed by atoms with Gasteiger partial charge in [0, 0.05) is 51.7 Å². The van der Waals surface area contributed by atoms with Gasteiger partial charge in [-0.1, -0.05) is 25.1 Å². The summed E-state index contributed by atoms with van der Waals surface area (Å²) in [5.74, 6) is -0.434. The number of likely N-dealkylation sites (N-methyl/N-ethyl adjacent to an activating group) is 1. The average Bonchev–Trinajstić information content (AvgIpc) is 2.85. The van der Waals surface area contributed by atoms with Crippen LogP contribution in [0.3, 0.4) is 0 Å². The van der Waals surface area contributed by atoms with E-state index in [0.717, 1.165) is 49.6 Å². The summed E-state index contributed by atoms with van der Waals surface area (Å²) in [6.45, 7) is 7.78. The Bertz CT molecular complexity index is 852. The number of amides is 2. The third-order valence-corrected chi connectivity index (χ3v) is 5.88. The first-order valence-corrected chi connectivity index (χ1v) is 11.2. The van der Waals surface area contributed by atoms with Gasteiger partial charge in [-0.15, -0.1) is 0 Å². The molecule has 3 rings (SSSR count). The van der Waals surface area contributed by atoms with Gasteiger partial charge in [-0.2, -0.15) is 0 Å². The third kappa shape index (κ3) is 6.77. The summed E-state index contributed by atoms with van der Waals surface area (Å²) >= 11 is 0. The number of pyridine rings is 1. The molecule has 2 N–H and O–H groups in total. The minimum absolute atomic E-state index is 0.0150. The maximum atomic E-state index is 12.4. The van der Waals surface area contributed by atoms with E-state index in [1.807, 2.05) is 42.6 Å². The first-order valence-electron chi connectivity index (χ1n) is 11.2. The number of aromatic nitrogens is 1. The van der Waals surface area contributed by atoms with Crippen molar-refractivity contribution in [2.24, 2.45) is 0 Å². The maximum Gasteiger partial charge on any atom is 0.309 e. The van der Waals surface area contributed by atoms with Crippen LogP contribution < -0.4 is 15.4 Å². The highest BCUT2D eigenvalue weighted by atomic mass is 16.5. The largest absolute Gasteiger partial charge is 0.497 e. The second kappa shape index (κ2) is 12.2.